The van der Waals surface area contributed by atoms with E-state index in [2.05, 4.69) is 58.3 Å². The van der Waals surface area contributed by atoms with E-state index in [0.29, 0.717) is 5.92 Å². The topological polar surface area (TPSA) is 64.0 Å². The molecule has 5 rings (SSSR count). The number of piperidine rings is 1. The molecule has 0 aliphatic carbocycles. The SMILES string of the molecule is O=C(O)[C@@H](c1ccccc1)N1C[C@H](CN2CCC(O)(CCCc3ccccc3)CC2)[C@@H](c2ccccc2)C1. The molecule has 3 aromatic rings. The highest BCUT2D eigenvalue weighted by Crippen LogP contribution is 2.39. The van der Waals surface area contributed by atoms with Crippen LogP contribution in [0.25, 0.3) is 0 Å². The molecule has 0 unspecified atom stereocenters. The lowest BCUT2D eigenvalue weighted by Crippen LogP contribution is -2.46. The van der Waals surface area contributed by atoms with Gasteiger partial charge in [-0.25, -0.2) is 0 Å². The summed E-state index contributed by atoms with van der Waals surface area (Å²) in [6, 6.07) is 30.1. The smallest absolute Gasteiger partial charge is 0.325 e. The maximum absolute atomic E-state index is 12.4. The number of rotatable bonds is 10. The largest absolute Gasteiger partial charge is 0.480 e. The van der Waals surface area contributed by atoms with Gasteiger partial charge in [-0.05, 0) is 54.7 Å². The molecule has 0 spiro atoms. The van der Waals surface area contributed by atoms with Crippen LogP contribution in [0.4, 0.5) is 0 Å². The summed E-state index contributed by atoms with van der Waals surface area (Å²) in [4.78, 5) is 17.0. The average Bonchev–Trinajstić information content (AvgIpc) is 3.34. The third kappa shape index (κ3) is 6.52. The number of nitrogens with zero attached hydrogens (tertiary/aromatic N) is 2. The molecule has 2 heterocycles. The number of likely N-dealkylation sites (tertiary alicyclic amines) is 2. The summed E-state index contributed by atoms with van der Waals surface area (Å²) in [5.74, 6) is -0.164. The van der Waals surface area contributed by atoms with Crippen molar-refractivity contribution in [3.63, 3.8) is 0 Å². The lowest BCUT2D eigenvalue weighted by atomic mass is 9.84. The summed E-state index contributed by atoms with van der Waals surface area (Å²) in [5, 5.41) is 21.4. The van der Waals surface area contributed by atoms with Crippen molar-refractivity contribution in [1.29, 1.82) is 0 Å². The Hall–Kier alpha value is -2.99. The number of carbonyl (C=O) groups is 1. The van der Waals surface area contributed by atoms with E-state index in [0.717, 1.165) is 70.4 Å². The van der Waals surface area contributed by atoms with Crippen LogP contribution < -0.4 is 0 Å². The van der Waals surface area contributed by atoms with Gasteiger partial charge in [0.25, 0.3) is 0 Å². The number of carboxylic acid groups (broad SMARTS) is 1. The second-order valence-electron chi connectivity index (χ2n) is 11.2. The van der Waals surface area contributed by atoms with E-state index in [4.69, 9.17) is 0 Å². The van der Waals surface area contributed by atoms with Gasteiger partial charge in [0, 0.05) is 38.6 Å². The third-order valence-corrected chi connectivity index (χ3v) is 8.64. The first kappa shape index (κ1) is 26.6. The van der Waals surface area contributed by atoms with Crippen LogP contribution in [-0.4, -0.2) is 64.3 Å². The zero-order valence-electron chi connectivity index (χ0n) is 22.2. The zero-order valence-corrected chi connectivity index (χ0v) is 22.2. The van der Waals surface area contributed by atoms with Crippen molar-refractivity contribution in [2.24, 2.45) is 5.92 Å². The van der Waals surface area contributed by atoms with Gasteiger partial charge in [0.2, 0.25) is 0 Å². The molecule has 200 valence electrons. The number of aliphatic carboxylic acids is 1. The number of hydrogen-bond acceptors (Lipinski definition) is 4. The Labute approximate surface area is 226 Å². The van der Waals surface area contributed by atoms with Gasteiger partial charge in [-0.1, -0.05) is 91.0 Å². The molecule has 2 fully saturated rings. The molecule has 0 radical (unpaired) electrons. The molecule has 0 bridgehead atoms. The minimum Gasteiger partial charge on any atom is -0.480 e. The summed E-state index contributed by atoms with van der Waals surface area (Å²) in [6.07, 6.45) is 4.46. The fraction of sp³-hybridized carbons (Fsp3) is 0.424. The van der Waals surface area contributed by atoms with Gasteiger partial charge in [0.15, 0.2) is 0 Å². The first-order chi connectivity index (χ1) is 18.5. The molecule has 3 aromatic carbocycles. The van der Waals surface area contributed by atoms with E-state index >= 15 is 0 Å². The Morgan fingerprint density at radius 3 is 2.11 bits per heavy atom. The molecule has 2 saturated heterocycles. The van der Waals surface area contributed by atoms with Crippen molar-refractivity contribution in [1.82, 2.24) is 9.80 Å². The van der Waals surface area contributed by atoms with Crippen molar-refractivity contribution >= 4 is 5.97 Å². The van der Waals surface area contributed by atoms with E-state index in [9.17, 15) is 15.0 Å². The Balaban J connectivity index is 1.22. The van der Waals surface area contributed by atoms with Gasteiger partial charge in [-0.2, -0.15) is 0 Å². The van der Waals surface area contributed by atoms with Crippen molar-refractivity contribution < 1.29 is 15.0 Å². The minimum atomic E-state index is -0.790. The van der Waals surface area contributed by atoms with E-state index in [1.807, 2.05) is 42.5 Å². The summed E-state index contributed by atoms with van der Waals surface area (Å²) in [7, 11) is 0. The first-order valence-corrected chi connectivity index (χ1v) is 14.1. The van der Waals surface area contributed by atoms with Gasteiger partial charge < -0.3 is 15.1 Å². The predicted molar refractivity (Wildman–Crippen MR) is 151 cm³/mol. The molecule has 5 nitrogen and oxygen atoms in total. The molecule has 0 aromatic heterocycles. The number of aliphatic hydroxyl groups is 1. The van der Waals surface area contributed by atoms with Crippen LogP contribution in [0.3, 0.4) is 0 Å². The maximum Gasteiger partial charge on any atom is 0.325 e. The first-order valence-electron chi connectivity index (χ1n) is 14.1. The van der Waals surface area contributed by atoms with Gasteiger partial charge in [-0.15, -0.1) is 0 Å². The van der Waals surface area contributed by atoms with Gasteiger partial charge in [0.1, 0.15) is 6.04 Å². The van der Waals surface area contributed by atoms with Gasteiger partial charge in [0.05, 0.1) is 5.60 Å². The maximum atomic E-state index is 12.4. The number of hydrogen-bond donors (Lipinski definition) is 2. The Morgan fingerprint density at radius 1 is 0.868 bits per heavy atom. The fourth-order valence-corrected chi connectivity index (χ4v) is 6.52. The molecular formula is C33H40N2O3. The van der Waals surface area contributed by atoms with Gasteiger partial charge in [-0.3, -0.25) is 9.69 Å². The van der Waals surface area contributed by atoms with Crippen molar-refractivity contribution in [2.75, 3.05) is 32.7 Å². The fourth-order valence-electron chi connectivity index (χ4n) is 6.52. The monoisotopic (exact) mass is 512 g/mol. The Kier molecular flexibility index (Phi) is 8.58. The lowest BCUT2D eigenvalue weighted by Gasteiger charge is -2.40. The number of benzene rings is 3. The zero-order chi connectivity index (χ0) is 26.4. The van der Waals surface area contributed by atoms with Gasteiger partial charge >= 0.3 is 5.97 Å². The van der Waals surface area contributed by atoms with Crippen LogP contribution in [-0.2, 0) is 11.2 Å². The molecule has 2 N–H and O–H groups in total. The summed E-state index contributed by atoms with van der Waals surface area (Å²) in [6.45, 7) is 4.19. The van der Waals surface area contributed by atoms with Crippen LogP contribution in [0.1, 0.15) is 54.3 Å². The van der Waals surface area contributed by atoms with E-state index in [-0.39, 0.29) is 5.92 Å². The van der Waals surface area contributed by atoms with E-state index in [1.54, 1.807) is 0 Å². The van der Waals surface area contributed by atoms with Crippen LogP contribution in [0.2, 0.25) is 0 Å². The average molecular weight is 513 g/mol. The molecule has 0 saturated carbocycles. The highest BCUT2D eigenvalue weighted by Gasteiger charge is 2.41. The second kappa shape index (κ2) is 12.2. The predicted octanol–water partition coefficient (Wildman–Crippen LogP) is 5.38. The quantitative estimate of drug-likeness (QED) is 0.382. The van der Waals surface area contributed by atoms with Crippen LogP contribution >= 0.6 is 0 Å². The van der Waals surface area contributed by atoms with Crippen LogP contribution in [0.15, 0.2) is 91.0 Å². The Morgan fingerprint density at radius 2 is 1.47 bits per heavy atom. The second-order valence-corrected chi connectivity index (χ2v) is 11.2. The highest BCUT2D eigenvalue weighted by molar-refractivity contribution is 5.75. The molecular weight excluding hydrogens is 472 g/mol. The molecule has 38 heavy (non-hydrogen) atoms. The third-order valence-electron chi connectivity index (χ3n) is 8.64. The summed E-state index contributed by atoms with van der Waals surface area (Å²) >= 11 is 0. The lowest BCUT2D eigenvalue weighted by molar-refractivity contribution is -0.143. The highest BCUT2D eigenvalue weighted by atomic mass is 16.4. The number of aryl methyl sites for hydroxylation is 1. The Bertz CT molecular complexity index is 1150. The standard InChI is InChI=1S/C33H40N2O3/c36-32(37)31(28-16-8-3-9-17-28)35-24-29(30(25-35)27-14-6-2-7-15-27)23-34-21-19-33(38,20-22-34)18-10-13-26-11-4-1-5-12-26/h1-9,11-12,14-17,29-31,38H,10,13,18-25H2,(H,36,37)/t29-,30+,31+/m0/s1. The van der Waals surface area contributed by atoms with Crippen LogP contribution in [0.5, 0.6) is 0 Å². The van der Waals surface area contributed by atoms with E-state index in [1.165, 1.54) is 11.1 Å². The number of carboxylic acids is 1. The summed E-state index contributed by atoms with van der Waals surface area (Å²) < 4.78 is 0. The molecule has 5 heteroatoms. The van der Waals surface area contributed by atoms with E-state index < -0.39 is 17.6 Å². The van der Waals surface area contributed by atoms with Crippen molar-refractivity contribution in [2.45, 2.75) is 49.7 Å². The molecule has 2 aliphatic heterocycles. The summed E-state index contributed by atoms with van der Waals surface area (Å²) in [5.41, 5.74) is 2.88. The van der Waals surface area contributed by atoms with Crippen molar-refractivity contribution in [3.8, 4) is 0 Å². The minimum absolute atomic E-state index is 0.286. The molecule has 2 aliphatic rings. The molecule has 0 amide bonds. The molecule has 3 atom stereocenters. The normalized spacial score (nSPS) is 22.8. The van der Waals surface area contributed by atoms with Crippen molar-refractivity contribution in [3.05, 3.63) is 108 Å². The van der Waals surface area contributed by atoms with Crippen LogP contribution in [0, 0.1) is 5.92 Å².